The van der Waals surface area contributed by atoms with E-state index in [-0.39, 0.29) is 19.1 Å². The summed E-state index contributed by atoms with van der Waals surface area (Å²) in [7, 11) is 0. The van der Waals surface area contributed by atoms with Crippen LogP contribution in [0.1, 0.15) is 65.9 Å². The third-order valence-electron chi connectivity index (χ3n) is 6.77. The topological polar surface area (TPSA) is 114 Å². The number of likely N-dealkylation sites (tertiary alicyclic amines) is 2. The highest BCUT2D eigenvalue weighted by Crippen LogP contribution is 2.33. The molecule has 2 heterocycles. The summed E-state index contributed by atoms with van der Waals surface area (Å²) in [5.74, 6) is -1.40. The molecule has 2 fully saturated rings. The third kappa shape index (κ3) is 7.46. The molecular formula is C28H41N3O7. The molecule has 1 aromatic carbocycles. The van der Waals surface area contributed by atoms with Crippen molar-refractivity contribution in [3.05, 3.63) is 35.9 Å². The first-order chi connectivity index (χ1) is 17.9. The molecule has 1 N–H and O–H groups in total. The Bertz CT molecular complexity index is 988. The van der Waals surface area contributed by atoms with Crippen LogP contribution in [0.5, 0.6) is 0 Å². The van der Waals surface area contributed by atoms with E-state index in [0.29, 0.717) is 32.5 Å². The molecule has 2 aliphatic heterocycles. The van der Waals surface area contributed by atoms with E-state index in [0.717, 1.165) is 18.4 Å². The molecule has 38 heavy (non-hydrogen) atoms. The Labute approximate surface area is 225 Å². The van der Waals surface area contributed by atoms with Gasteiger partial charge in [0.2, 0.25) is 11.8 Å². The van der Waals surface area contributed by atoms with E-state index in [2.05, 4.69) is 5.32 Å². The van der Waals surface area contributed by atoms with Crippen molar-refractivity contribution in [1.82, 2.24) is 15.1 Å². The fraction of sp³-hybridized carbons (Fsp3) is 0.643. The van der Waals surface area contributed by atoms with Crippen LogP contribution >= 0.6 is 0 Å². The highest BCUT2D eigenvalue weighted by Gasteiger charge is 2.52. The predicted molar refractivity (Wildman–Crippen MR) is 140 cm³/mol. The van der Waals surface area contributed by atoms with Crippen LogP contribution in [0, 0.1) is 0 Å². The minimum absolute atomic E-state index is 0.0838. The van der Waals surface area contributed by atoms with Gasteiger partial charge in [-0.15, -0.1) is 0 Å². The van der Waals surface area contributed by atoms with Crippen molar-refractivity contribution < 1.29 is 33.4 Å². The lowest BCUT2D eigenvalue weighted by Crippen LogP contribution is -2.65. The van der Waals surface area contributed by atoms with Gasteiger partial charge in [0.1, 0.15) is 23.3 Å². The van der Waals surface area contributed by atoms with Gasteiger partial charge in [-0.25, -0.2) is 4.79 Å². The number of hydrogen-bond donors (Lipinski definition) is 1. The van der Waals surface area contributed by atoms with Gasteiger partial charge in [-0.05, 0) is 58.9 Å². The van der Waals surface area contributed by atoms with E-state index >= 15 is 0 Å². The molecule has 0 aromatic heterocycles. The SMILES string of the molecule is CC(=O)OC(C)C(NC(=O)C1(COCc2ccccc2)CCCN1C(=O)OC(C)(C)C)C(=O)N1CCCC1. The molecule has 10 heteroatoms. The van der Waals surface area contributed by atoms with E-state index in [9.17, 15) is 19.2 Å². The van der Waals surface area contributed by atoms with Crippen molar-refractivity contribution in [2.45, 2.75) is 90.2 Å². The van der Waals surface area contributed by atoms with Crippen LogP contribution in [-0.4, -0.2) is 83.2 Å². The smallest absolute Gasteiger partial charge is 0.411 e. The predicted octanol–water partition coefficient (Wildman–Crippen LogP) is 3.03. The third-order valence-corrected chi connectivity index (χ3v) is 6.77. The molecule has 3 rings (SSSR count). The molecule has 2 saturated heterocycles. The fourth-order valence-corrected chi connectivity index (χ4v) is 4.94. The highest BCUT2D eigenvalue weighted by molar-refractivity contribution is 5.95. The normalized spacial score (nSPS) is 21.1. The summed E-state index contributed by atoms with van der Waals surface area (Å²) < 4.78 is 17.0. The number of nitrogens with zero attached hydrogens (tertiary/aromatic N) is 2. The Morgan fingerprint density at radius 3 is 2.29 bits per heavy atom. The van der Waals surface area contributed by atoms with Crippen LogP contribution in [0.15, 0.2) is 30.3 Å². The number of rotatable bonds is 9. The number of carbonyl (C=O) groups is 4. The largest absolute Gasteiger partial charge is 0.460 e. The van der Waals surface area contributed by atoms with Gasteiger partial charge in [0, 0.05) is 26.6 Å². The van der Waals surface area contributed by atoms with Crippen LogP contribution in [0.25, 0.3) is 0 Å². The van der Waals surface area contributed by atoms with Gasteiger partial charge in [-0.3, -0.25) is 19.3 Å². The van der Waals surface area contributed by atoms with Crippen LogP contribution in [-0.2, 0) is 35.2 Å². The van der Waals surface area contributed by atoms with Gasteiger partial charge >= 0.3 is 12.1 Å². The first-order valence-corrected chi connectivity index (χ1v) is 13.3. The monoisotopic (exact) mass is 531 g/mol. The van der Waals surface area contributed by atoms with Gasteiger partial charge < -0.3 is 24.4 Å². The Kier molecular flexibility index (Phi) is 9.76. The molecule has 3 atom stereocenters. The number of carbonyl (C=O) groups excluding carboxylic acids is 4. The van der Waals surface area contributed by atoms with Crippen molar-refractivity contribution in [2.24, 2.45) is 0 Å². The summed E-state index contributed by atoms with van der Waals surface area (Å²) >= 11 is 0. The number of benzene rings is 1. The van der Waals surface area contributed by atoms with Crippen molar-refractivity contribution >= 4 is 23.9 Å². The Balaban J connectivity index is 1.88. The minimum Gasteiger partial charge on any atom is -0.460 e. The van der Waals surface area contributed by atoms with Crippen LogP contribution in [0.3, 0.4) is 0 Å². The van der Waals surface area contributed by atoms with Gasteiger partial charge in [0.25, 0.3) is 0 Å². The number of hydrogen-bond acceptors (Lipinski definition) is 7. The zero-order valence-electron chi connectivity index (χ0n) is 23.2. The maximum absolute atomic E-state index is 14.1. The first-order valence-electron chi connectivity index (χ1n) is 13.3. The lowest BCUT2D eigenvalue weighted by molar-refractivity contribution is -0.153. The van der Waals surface area contributed by atoms with E-state index in [1.165, 1.54) is 11.8 Å². The van der Waals surface area contributed by atoms with Gasteiger partial charge in [-0.2, -0.15) is 0 Å². The molecular weight excluding hydrogens is 490 g/mol. The number of esters is 1. The molecule has 0 saturated carbocycles. The molecule has 2 aliphatic rings. The Hall–Kier alpha value is -3.14. The van der Waals surface area contributed by atoms with Crippen molar-refractivity contribution in [1.29, 1.82) is 0 Å². The highest BCUT2D eigenvalue weighted by atomic mass is 16.6. The fourth-order valence-electron chi connectivity index (χ4n) is 4.94. The maximum atomic E-state index is 14.1. The van der Waals surface area contributed by atoms with Crippen LogP contribution < -0.4 is 5.32 Å². The summed E-state index contributed by atoms with van der Waals surface area (Å²) in [6, 6.07) is 8.43. The molecule has 3 amide bonds. The summed E-state index contributed by atoms with van der Waals surface area (Å²) in [4.78, 5) is 55.5. The molecule has 1 aromatic rings. The Morgan fingerprint density at radius 2 is 1.68 bits per heavy atom. The summed E-state index contributed by atoms with van der Waals surface area (Å²) in [6.07, 6.45) is 1.12. The van der Waals surface area contributed by atoms with E-state index in [4.69, 9.17) is 14.2 Å². The zero-order chi connectivity index (χ0) is 27.9. The lowest BCUT2D eigenvalue weighted by atomic mass is 9.94. The maximum Gasteiger partial charge on any atom is 0.411 e. The lowest BCUT2D eigenvalue weighted by Gasteiger charge is -2.39. The van der Waals surface area contributed by atoms with Crippen molar-refractivity contribution in [2.75, 3.05) is 26.2 Å². The second-order valence-electron chi connectivity index (χ2n) is 11.0. The summed E-state index contributed by atoms with van der Waals surface area (Å²) in [5.41, 5.74) is -1.22. The quantitative estimate of drug-likeness (QED) is 0.487. The van der Waals surface area contributed by atoms with E-state index in [1.807, 2.05) is 30.3 Å². The second-order valence-corrected chi connectivity index (χ2v) is 11.0. The van der Waals surface area contributed by atoms with E-state index in [1.54, 1.807) is 32.6 Å². The average Bonchev–Trinajstić information content (AvgIpc) is 3.52. The van der Waals surface area contributed by atoms with Crippen molar-refractivity contribution in [3.8, 4) is 0 Å². The average molecular weight is 532 g/mol. The standard InChI is InChI=1S/C28H41N3O7/c1-20(37-21(2)32)23(24(33)30-15-9-10-16-30)29-25(34)28(19-36-18-22-12-7-6-8-13-22)14-11-17-31(28)26(35)38-27(3,4)5/h6-8,12-13,20,23H,9-11,14-19H2,1-5H3,(H,29,34). The van der Waals surface area contributed by atoms with Gasteiger partial charge in [0.05, 0.1) is 13.2 Å². The van der Waals surface area contributed by atoms with Crippen LogP contribution in [0.4, 0.5) is 4.79 Å². The molecule has 10 nitrogen and oxygen atoms in total. The summed E-state index contributed by atoms with van der Waals surface area (Å²) in [5, 5.41) is 2.84. The van der Waals surface area contributed by atoms with E-state index < -0.39 is 41.3 Å². The summed E-state index contributed by atoms with van der Waals surface area (Å²) in [6.45, 7) is 9.76. The molecule has 0 aliphatic carbocycles. The van der Waals surface area contributed by atoms with Crippen LogP contribution in [0.2, 0.25) is 0 Å². The molecule has 0 spiro atoms. The Morgan fingerprint density at radius 1 is 1.03 bits per heavy atom. The first kappa shape index (κ1) is 29.4. The molecule has 0 bridgehead atoms. The molecule has 210 valence electrons. The van der Waals surface area contributed by atoms with Gasteiger partial charge in [-0.1, -0.05) is 30.3 Å². The molecule has 3 unspecified atom stereocenters. The molecule has 0 radical (unpaired) electrons. The zero-order valence-corrected chi connectivity index (χ0v) is 23.2. The van der Waals surface area contributed by atoms with Crippen molar-refractivity contribution in [3.63, 3.8) is 0 Å². The second kappa shape index (κ2) is 12.6. The van der Waals surface area contributed by atoms with Gasteiger partial charge in [0.15, 0.2) is 0 Å². The number of nitrogens with one attached hydrogen (secondary N) is 1. The minimum atomic E-state index is -1.39. The number of ether oxygens (including phenoxy) is 3. The number of amides is 3.